The third kappa shape index (κ3) is 3.17. The molecule has 4 nitrogen and oxygen atoms in total. The van der Waals surface area contributed by atoms with Crippen LogP contribution >= 0.6 is 0 Å². The summed E-state index contributed by atoms with van der Waals surface area (Å²) in [5.41, 5.74) is 0.372. The number of ether oxygens (including phenoxy) is 3. The minimum absolute atomic E-state index is 0.000465. The lowest BCUT2D eigenvalue weighted by atomic mass is 9.81. The second kappa shape index (κ2) is 6.69. The van der Waals surface area contributed by atoms with Crippen LogP contribution in [-0.2, 0) is 0 Å². The van der Waals surface area contributed by atoms with Crippen LogP contribution in [0.2, 0.25) is 0 Å². The molecule has 5 heteroatoms. The summed E-state index contributed by atoms with van der Waals surface area (Å²) in [6, 6.07) is 8.97. The summed E-state index contributed by atoms with van der Waals surface area (Å²) in [6.07, 6.45) is -0.271. The van der Waals surface area contributed by atoms with Gasteiger partial charge in [-0.1, -0.05) is 12.1 Å². The monoisotopic (exact) mass is 337 g/mol. The van der Waals surface area contributed by atoms with Gasteiger partial charge < -0.3 is 19.5 Å². The predicted molar refractivity (Wildman–Crippen MR) is 88.2 cm³/mol. The van der Waals surface area contributed by atoms with Crippen molar-refractivity contribution in [3.63, 3.8) is 0 Å². The Morgan fingerprint density at radius 1 is 1.21 bits per heavy atom. The van der Waals surface area contributed by atoms with Gasteiger partial charge in [0.1, 0.15) is 14.3 Å². The normalized spacial score (nSPS) is 34.2. The Morgan fingerprint density at radius 3 is 2.92 bits per heavy atom. The molecular formula is C19H20FNO3. The molecule has 2 atom stereocenters. The van der Waals surface area contributed by atoms with E-state index in [1.54, 1.807) is 0 Å². The first kappa shape index (κ1) is 8.72. The first-order valence-corrected chi connectivity index (χ1v) is 7.43. The van der Waals surface area contributed by atoms with Gasteiger partial charge in [0.2, 0.25) is 6.75 Å². The third-order valence-corrected chi connectivity index (χ3v) is 3.86. The van der Waals surface area contributed by atoms with E-state index in [1.165, 1.54) is 30.3 Å². The summed E-state index contributed by atoms with van der Waals surface area (Å²) in [6.45, 7) is -9.69. The smallest absolute Gasteiger partial charge is 0.231 e. The van der Waals surface area contributed by atoms with Gasteiger partial charge in [0.15, 0.2) is 11.5 Å². The largest absolute Gasteiger partial charge is 0.493 e. The zero-order chi connectivity index (χ0) is 23.5. The number of piperidine rings is 1. The Bertz CT molecular complexity index is 1020. The molecule has 0 aliphatic carbocycles. The minimum atomic E-state index is -2.65. The zero-order valence-electron chi connectivity index (χ0n) is 20.5. The van der Waals surface area contributed by atoms with Gasteiger partial charge in [-0.25, -0.2) is 4.39 Å². The Labute approximate surface area is 151 Å². The van der Waals surface area contributed by atoms with Crippen molar-refractivity contribution >= 4 is 0 Å². The zero-order valence-corrected chi connectivity index (χ0v) is 12.5. The molecule has 0 spiro atoms. The van der Waals surface area contributed by atoms with Crippen molar-refractivity contribution in [2.45, 2.75) is 12.3 Å². The van der Waals surface area contributed by atoms with Crippen LogP contribution in [0.4, 0.5) is 4.39 Å². The van der Waals surface area contributed by atoms with Gasteiger partial charge in [0.05, 0.1) is 9.30 Å². The van der Waals surface area contributed by atoms with Crippen LogP contribution < -0.4 is 19.5 Å². The van der Waals surface area contributed by atoms with Gasteiger partial charge in [-0.3, -0.25) is 0 Å². The highest BCUT2D eigenvalue weighted by molar-refractivity contribution is 5.46. The molecule has 2 aliphatic rings. The van der Waals surface area contributed by atoms with Crippen molar-refractivity contribution in [3.8, 4) is 17.2 Å². The molecule has 0 aromatic heterocycles. The van der Waals surface area contributed by atoms with E-state index in [0.717, 1.165) is 12.1 Å². The van der Waals surface area contributed by atoms with Gasteiger partial charge in [0, 0.05) is 24.0 Å². The molecule has 0 radical (unpaired) electrons. The maximum absolute atomic E-state index is 13.4. The third-order valence-electron chi connectivity index (χ3n) is 3.86. The van der Waals surface area contributed by atoms with Gasteiger partial charge in [0.25, 0.3) is 0 Å². The molecule has 2 aliphatic heterocycles. The average molecular weight is 337 g/mol. The molecule has 4 rings (SSSR count). The van der Waals surface area contributed by atoms with Crippen molar-refractivity contribution < 1.29 is 29.6 Å². The summed E-state index contributed by atoms with van der Waals surface area (Å²) in [5, 5.41) is 2.22. The summed E-state index contributed by atoms with van der Waals surface area (Å²) in [5.74, 6) is -2.99. The molecule has 126 valence electrons. The van der Waals surface area contributed by atoms with Gasteiger partial charge in [-0.15, -0.1) is 0 Å². The van der Waals surface area contributed by atoms with E-state index < -0.39 is 44.0 Å². The first-order valence-electron chi connectivity index (χ1n) is 11.4. The highest BCUT2D eigenvalue weighted by atomic mass is 19.1. The molecule has 2 aromatic carbocycles. The van der Waals surface area contributed by atoms with Crippen molar-refractivity contribution in [1.29, 1.82) is 0 Å². The fourth-order valence-corrected chi connectivity index (χ4v) is 2.60. The van der Waals surface area contributed by atoms with E-state index in [0.29, 0.717) is 5.56 Å². The van der Waals surface area contributed by atoms with Crippen molar-refractivity contribution in [1.82, 2.24) is 5.32 Å². The number of rotatable bonds is 4. The fraction of sp³-hybridized carbons (Fsp3) is 0.368. The summed E-state index contributed by atoms with van der Waals surface area (Å²) >= 11 is 0. The van der Waals surface area contributed by atoms with E-state index in [1.807, 2.05) is 0 Å². The molecule has 1 fully saturated rings. The number of nitrogens with one attached hydrogen (secondary N) is 1. The van der Waals surface area contributed by atoms with E-state index >= 15 is 0 Å². The molecule has 2 aromatic rings. The van der Waals surface area contributed by atoms with Crippen LogP contribution in [0.25, 0.3) is 0 Å². The maximum Gasteiger partial charge on any atom is 0.231 e. The second-order valence-corrected chi connectivity index (χ2v) is 5.40. The fourth-order valence-electron chi connectivity index (χ4n) is 2.60. The van der Waals surface area contributed by atoms with E-state index in [2.05, 4.69) is 5.32 Å². The molecule has 24 heavy (non-hydrogen) atoms. The molecule has 0 bridgehead atoms. The van der Waals surface area contributed by atoms with Crippen molar-refractivity contribution in [2.75, 3.05) is 26.3 Å². The predicted octanol–water partition coefficient (Wildman–Crippen LogP) is 3.33. The molecule has 0 amide bonds. The molecule has 0 unspecified atom stereocenters. The lowest BCUT2D eigenvalue weighted by molar-refractivity contribution is 0.173. The van der Waals surface area contributed by atoms with Crippen LogP contribution in [0, 0.1) is 11.7 Å². The first-order chi connectivity index (χ1) is 14.7. The van der Waals surface area contributed by atoms with Gasteiger partial charge >= 0.3 is 0 Å². The number of hydrogen-bond donors (Lipinski definition) is 1. The SMILES string of the molecule is [2H]C1([2H])C[C@@H](c2ccc(F)cc2)[C@H](C([2H])([2H])Oc2ccc3c(c2)OC([2H])([2H])O3)C([2H])([2H])N1. The maximum atomic E-state index is 13.4. The van der Waals surface area contributed by atoms with E-state index in [4.69, 9.17) is 25.2 Å². The molecule has 1 saturated heterocycles. The molecule has 0 saturated carbocycles. The summed E-state index contributed by atoms with van der Waals surface area (Å²) in [7, 11) is 0. The average Bonchev–Trinajstić information content (AvgIpc) is 2.92. The van der Waals surface area contributed by atoms with Gasteiger partial charge in [-0.05, 0) is 48.7 Å². The summed E-state index contributed by atoms with van der Waals surface area (Å²) in [4.78, 5) is 0. The molecule has 1 N–H and O–H groups in total. The number of benzene rings is 2. The molecular weight excluding hydrogens is 309 g/mol. The lowest BCUT2D eigenvalue weighted by Crippen LogP contribution is -2.38. The Hall–Kier alpha value is -2.27. The van der Waals surface area contributed by atoms with Gasteiger partial charge in [-0.2, -0.15) is 0 Å². The highest BCUT2D eigenvalue weighted by Crippen LogP contribution is 2.36. The Balaban J connectivity index is 1.68. The highest BCUT2D eigenvalue weighted by Gasteiger charge is 2.27. The molecule has 2 heterocycles. The Morgan fingerprint density at radius 2 is 2.04 bits per heavy atom. The topological polar surface area (TPSA) is 39.7 Å². The number of fused-ring (bicyclic) bond motifs is 1. The number of hydrogen-bond acceptors (Lipinski definition) is 4. The van der Waals surface area contributed by atoms with Crippen LogP contribution in [0.3, 0.4) is 0 Å². The lowest BCUT2D eigenvalue weighted by Gasteiger charge is -2.32. The van der Waals surface area contributed by atoms with Crippen LogP contribution in [0.15, 0.2) is 42.5 Å². The minimum Gasteiger partial charge on any atom is -0.493 e. The van der Waals surface area contributed by atoms with E-state index in [-0.39, 0.29) is 23.7 Å². The number of halogens is 1. The second-order valence-electron chi connectivity index (χ2n) is 5.40. The van der Waals surface area contributed by atoms with Crippen molar-refractivity contribution in [3.05, 3.63) is 53.8 Å². The summed E-state index contributed by atoms with van der Waals surface area (Å²) < 4.78 is 93.9. The van der Waals surface area contributed by atoms with Crippen LogP contribution in [0.5, 0.6) is 17.2 Å². The standard InChI is InChI=1S/C19H20FNO3/c20-15-3-1-13(2-4-15)17-7-8-21-10-14(17)11-22-16-5-6-18-19(9-16)24-12-23-18/h1-6,9,14,17,21H,7-8,10-12H2/t14-,17-/m0/s1/i8D2,10D2,11D2,12D2. The van der Waals surface area contributed by atoms with Crippen LogP contribution in [0.1, 0.15) is 28.9 Å². The van der Waals surface area contributed by atoms with Crippen LogP contribution in [-0.4, -0.2) is 26.3 Å². The van der Waals surface area contributed by atoms with Crippen molar-refractivity contribution in [2.24, 2.45) is 5.92 Å². The van der Waals surface area contributed by atoms with E-state index in [9.17, 15) is 4.39 Å². The quantitative estimate of drug-likeness (QED) is 0.929. The Kier molecular flexibility index (Phi) is 2.43.